The molecule has 2 saturated carbocycles. The summed E-state index contributed by atoms with van der Waals surface area (Å²) in [4.78, 5) is 10.5. The first-order chi connectivity index (χ1) is 13.1. The lowest BCUT2D eigenvalue weighted by atomic mass is 10.1. The molecule has 4 atom stereocenters. The highest BCUT2D eigenvalue weighted by Crippen LogP contribution is 2.42. The van der Waals surface area contributed by atoms with E-state index in [0.717, 1.165) is 18.8 Å². The quantitative estimate of drug-likeness (QED) is 0.288. The molecular formula is C24H46O3. The Hall–Kier alpha value is -0.570. The second kappa shape index (κ2) is 15.4. The van der Waals surface area contributed by atoms with E-state index in [1.807, 2.05) is 0 Å². The van der Waals surface area contributed by atoms with Crippen LogP contribution in [0, 0.1) is 23.7 Å². The molecule has 0 aromatic heterocycles. The minimum Gasteiger partial charge on any atom is -0.481 e. The van der Waals surface area contributed by atoms with E-state index >= 15 is 0 Å². The molecule has 0 bridgehead atoms. The summed E-state index contributed by atoms with van der Waals surface area (Å²) in [6, 6.07) is 0. The third kappa shape index (κ3) is 12.5. The fraction of sp³-hybridized carbons (Fsp3) is 0.958. The van der Waals surface area contributed by atoms with Crippen LogP contribution in [0.4, 0.5) is 0 Å². The Bertz CT molecular complexity index is 369. The number of rotatable bonds is 16. The topological polar surface area (TPSA) is 57.5 Å². The van der Waals surface area contributed by atoms with E-state index in [1.165, 1.54) is 89.9 Å². The maximum Gasteiger partial charge on any atom is 0.306 e. The summed E-state index contributed by atoms with van der Waals surface area (Å²) < 4.78 is 0. The molecule has 0 radical (unpaired) electrons. The van der Waals surface area contributed by atoms with Gasteiger partial charge in [-0.15, -0.1) is 0 Å². The van der Waals surface area contributed by atoms with Crippen LogP contribution in [-0.4, -0.2) is 22.8 Å². The standard InChI is InChI=1S/C12H22O2.C12H24O/c1-2-3-4-5-6-7-8-10-9-11(10)12(13)14;1-2-3-4-5-6-7-8-11-9-12(11)10-13/h10-11H,2-9H2,1H3,(H,13,14);11-13H,2-10H2,1H3/t10-,11-;11-,12+/m11/s1. The lowest BCUT2D eigenvalue weighted by Crippen LogP contribution is -1.99. The minimum absolute atomic E-state index is 0.00522. The van der Waals surface area contributed by atoms with Crippen LogP contribution in [0.15, 0.2) is 0 Å². The molecule has 3 heteroatoms. The zero-order valence-corrected chi connectivity index (χ0v) is 18.1. The molecule has 3 nitrogen and oxygen atoms in total. The molecular weight excluding hydrogens is 336 g/mol. The van der Waals surface area contributed by atoms with Crippen molar-refractivity contribution in [3.63, 3.8) is 0 Å². The number of aliphatic carboxylic acids is 1. The number of carboxylic acids is 1. The van der Waals surface area contributed by atoms with Crippen molar-refractivity contribution < 1.29 is 15.0 Å². The van der Waals surface area contributed by atoms with E-state index < -0.39 is 5.97 Å². The predicted octanol–water partition coefficient (Wildman–Crippen LogP) is 6.82. The van der Waals surface area contributed by atoms with Gasteiger partial charge in [-0.1, -0.05) is 97.3 Å². The highest BCUT2D eigenvalue weighted by molar-refractivity contribution is 5.73. The van der Waals surface area contributed by atoms with Gasteiger partial charge in [0.2, 0.25) is 0 Å². The van der Waals surface area contributed by atoms with Gasteiger partial charge in [-0.05, 0) is 37.0 Å². The lowest BCUT2D eigenvalue weighted by Gasteiger charge is -1.99. The Balaban J connectivity index is 0.000000271. The number of hydrogen-bond acceptors (Lipinski definition) is 2. The van der Waals surface area contributed by atoms with Crippen molar-refractivity contribution in [1.82, 2.24) is 0 Å². The third-order valence-corrected chi connectivity index (χ3v) is 6.40. The summed E-state index contributed by atoms with van der Waals surface area (Å²) in [6.45, 7) is 4.91. The average molecular weight is 383 g/mol. The van der Waals surface area contributed by atoms with Gasteiger partial charge >= 0.3 is 5.97 Å². The third-order valence-electron chi connectivity index (χ3n) is 6.40. The van der Waals surface area contributed by atoms with Gasteiger partial charge in [-0.3, -0.25) is 4.79 Å². The molecule has 0 aliphatic heterocycles. The smallest absolute Gasteiger partial charge is 0.306 e. The molecule has 0 spiro atoms. The first kappa shape index (κ1) is 24.5. The Morgan fingerprint density at radius 1 is 0.704 bits per heavy atom. The zero-order valence-electron chi connectivity index (χ0n) is 18.1. The minimum atomic E-state index is -0.582. The van der Waals surface area contributed by atoms with Crippen LogP contribution in [0.2, 0.25) is 0 Å². The van der Waals surface area contributed by atoms with Crippen molar-refractivity contribution in [1.29, 1.82) is 0 Å². The van der Waals surface area contributed by atoms with Crippen molar-refractivity contribution in [2.24, 2.45) is 23.7 Å². The number of hydrogen-bond donors (Lipinski definition) is 2. The van der Waals surface area contributed by atoms with Gasteiger partial charge < -0.3 is 10.2 Å². The molecule has 0 aromatic rings. The van der Waals surface area contributed by atoms with E-state index in [1.54, 1.807) is 0 Å². The molecule has 2 rings (SSSR count). The maximum atomic E-state index is 10.5. The predicted molar refractivity (Wildman–Crippen MR) is 114 cm³/mol. The van der Waals surface area contributed by atoms with E-state index in [9.17, 15) is 4.79 Å². The molecule has 2 aliphatic rings. The monoisotopic (exact) mass is 382 g/mol. The maximum absolute atomic E-state index is 10.5. The van der Waals surface area contributed by atoms with E-state index in [0.29, 0.717) is 18.4 Å². The van der Waals surface area contributed by atoms with Crippen molar-refractivity contribution >= 4 is 5.97 Å². The van der Waals surface area contributed by atoms with Crippen LogP contribution < -0.4 is 0 Å². The Morgan fingerprint density at radius 3 is 1.59 bits per heavy atom. The van der Waals surface area contributed by atoms with Crippen molar-refractivity contribution in [2.75, 3.05) is 6.61 Å². The summed E-state index contributed by atoms with van der Waals surface area (Å²) in [5.74, 6) is 1.50. The van der Waals surface area contributed by atoms with Crippen LogP contribution >= 0.6 is 0 Å². The fourth-order valence-electron chi connectivity index (χ4n) is 4.13. The second-order valence-electron chi connectivity index (χ2n) is 8.99. The lowest BCUT2D eigenvalue weighted by molar-refractivity contribution is -0.138. The SMILES string of the molecule is CCCCCCCC[C@@H]1C[C@H]1C(=O)O.CCCCCCCC[C@@H]1C[C@H]1CO. The molecule has 0 aromatic carbocycles. The normalized spacial score (nSPS) is 25.6. The molecule has 0 amide bonds. The summed E-state index contributed by atoms with van der Waals surface area (Å²) in [5.41, 5.74) is 0. The fourth-order valence-corrected chi connectivity index (χ4v) is 4.13. The summed E-state index contributed by atoms with van der Waals surface area (Å²) >= 11 is 0. The number of unbranched alkanes of at least 4 members (excludes halogenated alkanes) is 10. The largest absolute Gasteiger partial charge is 0.481 e. The highest BCUT2D eigenvalue weighted by atomic mass is 16.4. The van der Waals surface area contributed by atoms with Crippen LogP contribution in [0.1, 0.15) is 117 Å². The number of carbonyl (C=O) groups is 1. The van der Waals surface area contributed by atoms with Gasteiger partial charge in [-0.2, -0.15) is 0 Å². The first-order valence-corrected chi connectivity index (χ1v) is 12.0. The molecule has 0 unspecified atom stereocenters. The van der Waals surface area contributed by atoms with Crippen LogP contribution in [0.5, 0.6) is 0 Å². The van der Waals surface area contributed by atoms with Gasteiger partial charge in [0.1, 0.15) is 0 Å². The van der Waals surface area contributed by atoms with Gasteiger partial charge in [0.25, 0.3) is 0 Å². The van der Waals surface area contributed by atoms with Crippen LogP contribution in [0.3, 0.4) is 0 Å². The average Bonchev–Trinajstić information content (AvgIpc) is 3.56. The number of aliphatic hydroxyl groups excluding tert-OH is 1. The van der Waals surface area contributed by atoms with E-state index in [-0.39, 0.29) is 5.92 Å². The van der Waals surface area contributed by atoms with E-state index in [2.05, 4.69) is 13.8 Å². The molecule has 27 heavy (non-hydrogen) atoms. The summed E-state index contributed by atoms with van der Waals surface area (Å²) in [6.07, 6.45) is 21.0. The molecule has 2 fully saturated rings. The second-order valence-corrected chi connectivity index (χ2v) is 8.99. The van der Waals surface area contributed by atoms with Gasteiger partial charge in [0.15, 0.2) is 0 Å². The Morgan fingerprint density at radius 2 is 1.19 bits per heavy atom. The van der Waals surface area contributed by atoms with Gasteiger partial charge in [0.05, 0.1) is 5.92 Å². The number of aliphatic hydroxyl groups is 1. The summed E-state index contributed by atoms with van der Waals surface area (Å²) in [7, 11) is 0. The van der Waals surface area contributed by atoms with Crippen LogP contribution in [0.25, 0.3) is 0 Å². The zero-order chi connectivity index (χ0) is 19.9. The first-order valence-electron chi connectivity index (χ1n) is 12.0. The summed E-state index contributed by atoms with van der Waals surface area (Å²) in [5, 5.41) is 17.5. The van der Waals surface area contributed by atoms with E-state index in [4.69, 9.17) is 10.2 Å². The molecule has 2 N–H and O–H groups in total. The highest BCUT2D eigenvalue weighted by Gasteiger charge is 2.42. The van der Waals surface area contributed by atoms with Crippen LogP contribution in [-0.2, 0) is 4.79 Å². The van der Waals surface area contributed by atoms with Crippen molar-refractivity contribution in [3.05, 3.63) is 0 Å². The molecule has 0 saturated heterocycles. The number of carboxylic acid groups (broad SMARTS) is 1. The van der Waals surface area contributed by atoms with Gasteiger partial charge in [0, 0.05) is 6.61 Å². The van der Waals surface area contributed by atoms with Crippen molar-refractivity contribution in [2.45, 2.75) is 117 Å². The van der Waals surface area contributed by atoms with Crippen molar-refractivity contribution in [3.8, 4) is 0 Å². The molecule has 0 heterocycles. The molecule has 160 valence electrons. The Labute approximate surface area is 168 Å². The van der Waals surface area contributed by atoms with Gasteiger partial charge in [-0.25, -0.2) is 0 Å². The molecule has 2 aliphatic carbocycles. The Kier molecular flexibility index (Phi) is 13.9.